The molecule has 138 valence electrons. The summed E-state index contributed by atoms with van der Waals surface area (Å²) >= 11 is 1.28. The van der Waals surface area contributed by atoms with E-state index in [-0.39, 0.29) is 17.2 Å². The Hall–Kier alpha value is -3.06. The summed E-state index contributed by atoms with van der Waals surface area (Å²) < 4.78 is 6.43. The molecule has 0 aliphatic heterocycles. The van der Waals surface area contributed by atoms with Crippen LogP contribution in [-0.4, -0.2) is 28.6 Å². The van der Waals surface area contributed by atoms with Gasteiger partial charge in [-0.05, 0) is 35.9 Å². The predicted octanol–water partition coefficient (Wildman–Crippen LogP) is 2.65. The molecule has 1 aromatic heterocycles. The van der Waals surface area contributed by atoms with Crippen LogP contribution in [0.15, 0.2) is 76.6 Å². The van der Waals surface area contributed by atoms with Crippen molar-refractivity contribution in [2.24, 2.45) is 0 Å². The Balaban J connectivity index is 1.62. The molecule has 0 atom stereocenters. The lowest BCUT2D eigenvalue weighted by Gasteiger charge is -2.08. The van der Waals surface area contributed by atoms with Gasteiger partial charge in [-0.1, -0.05) is 42.1 Å². The Morgan fingerprint density at radius 2 is 1.81 bits per heavy atom. The van der Waals surface area contributed by atoms with E-state index >= 15 is 0 Å². The number of aromatic nitrogens is 2. The number of hydrogen-bond donors (Lipinski definition) is 1. The number of benzene rings is 2. The van der Waals surface area contributed by atoms with E-state index < -0.39 is 0 Å². The maximum absolute atomic E-state index is 12.1. The number of ether oxygens (including phenoxy) is 1. The second kappa shape index (κ2) is 9.05. The number of methoxy groups -OCH3 is 1. The third-order valence-electron chi connectivity index (χ3n) is 3.78. The van der Waals surface area contributed by atoms with Crippen molar-refractivity contribution >= 4 is 17.7 Å². The van der Waals surface area contributed by atoms with Gasteiger partial charge in [-0.2, -0.15) is 9.78 Å². The van der Waals surface area contributed by atoms with E-state index in [0.29, 0.717) is 23.0 Å². The lowest BCUT2D eigenvalue weighted by atomic mass is 10.2. The minimum Gasteiger partial charge on any atom is -0.497 e. The fourth-order valence-corrected chi connectivity index (χ4v) is 3.05. The molecule has 1 N–H and O–H groups in total. The van der Waals surface area contributed by atoms with E-state index in [1.54, 1.807) is 37.4 Å². The van der Waals surface area contributed by atoms with Crippen molar-refractivity contribution in [2.75, 3.05) is 12.9 Å². The highest BCUT2D eigenvalue weighted by Gasteiger charge is 2.07. The van der Waals surface area contributed by atoms with Crippen molar-refractivity contribution in [2.45, 2.75) is 11.6 Å². The van der Waals surface area contributed by atoms with Gasteiger partial charge < -0.3 is 10.1 Å². The average Bonchev–Trinajstić information content (AvgIpc) is 2.72. The number of nitrogens with one attached hydrogen (secondary N) is 1. The van der Waals surface area contributed by atoms with Crippen LogP contribution in [-0.2, 0) is 11.3 Å². The second-order valence-corrected chi connectivity index (χ2v) is 6.67. The number of rotatable bonds is 7. The van der Waals surface area contributed by atoms with Crippen molar-refractivity contribution in [1.29, 1.82) is 0 Å². The summed E-state index contributed by atoms with van der Waals surface area (Å²) in [5.41, 5.74) is 1.44. The molecule has 27 heavy (non-hydrogen) atoms. The quantitative estimate of drug-likeness (QED) is 0.637. The van der Waals surface area contributed by atoms with Crippen LogP contribution in [0.4, 0.5) is 0 Å². The van der Waals surface area contributed by atoms with Gasteiger partial charge in [0.15, 0.2) is 0 Å². The number of amides is 1. The fraction of sp³-hybridized carbons (Fsp3) is 0.150. The third kappa shape index (κ3) is 5.21. The van der Waals surface area contributed by atoms with Gasteiger partial charge in [-0.25, -0.2) is 0 Å². The molecule has 3 rings (SSSR count). The smallest absolute Gasteiger partial charge is 0.271 e. The molecule has 6 nitrogen and oxygen atoms in total. The molecule has 0 aliphatic carbocycles. The Labute approximate surface area is 161 Å². The van der Waals surface area contributed by atoms with Crippen LogP contribution in [0.3, 0.4) is 0 Å². The first kappa shape index (κ1) is 18.7. The van der Waals surface area contributed by atoms with Crippen LogP contribution in [0.5, 0.6) is 5.75 Å². The molecular formula is C20H19N3O3S. The molecule has 0 unspecified atom stereocenters. The topological polar surface area (TPSA) is 73.2 Å². The Morgan fingerprint density at radius 3 is 2.52 bits per heavy atom. The van der Waals surface area contributed by atoms with Crippen LogP contribution in [0.1, 0.15) is 5.56 Å². The van der Waals surface area contributed by atoms with E-state index in [2.05, 4.69) is 10.4 Å². The lowest BCUT2D eigenvalue weighted by Crippen LogP contribution is -2.25. The number of thioether (sulfide) groups is 1. The van der Waals surface area contributed by atoms with Crippen molar-refractivity contribution in [3.8, 4) is 11.4 Å². The van der Waals surface area contributed by atoms with Crippen molar-refractivity contribution in [3.63, 3.8) is 0 Å². The first-order valence-electron chi connectivity index (χ1n) is 8.34. The van der Waals surface area contributed by atoms with Crippen molar-refractivity contribution < 1.29 is 9.53 Å². The summed E-state index contributed by atoms with van der Waals surface area (Å²) in [6.45, 7) is 0.485. The molecule has 0 radical (unpaired) electrons. The van der Waals surface area contributed by atoms with Gasteiger partial charge in [-0.15, -0.1) is 0 Å². The highest BCUT2D eigenvalue weighted by Crippen LogP contribution is 2.16. The Kier molecular flexibility index (Phi) is 6.27. The van der Waals surface area contributed by atoms with Gasteiger partial charge in [0.1, 0.15) is 10.8 Å². The molecule has 2 aromatic carbocycles. The molecule has 0 bridgehead atoms. The van der Waals surface area contributed by atoms with E-state index in [4.69, 9.17) is 4.74 Å². The van der Waals surface area contributed by atoms with Crippen LogP contribution in [0.2, 0.25) is 0 Å². The molecule has 0 aliphatic rings. The number of carbonyl (C=O) groups excluding carboxylic acids is 1. The molecule has 0 saturated carbocycles. The normalized spacial score (nSPS) is 10.4. The summed E-state index contributed by atoms with van der Waals surface area (Å²) in [7, 11) is 1.58. The van der Waals surface area contributed by atoms with Crippen LogP contribution in [0, 0.1) is 0 Å². The Morgan fingerprint density at radius 1 is 1.07 bits per heavy atom. The minimum absolute atomic E-state index is 0.0900. The first-order chi connectivity index (χ1) is 13.2. The van der Waals surface area contributed by atoms with Crippen molar-refractivity contribution in [1.82, 2.24) is 15.1 Å². The van der Waals surface area contributed by atoms with Crippen LogP contribution in [0.25, 0.3) is 5.69 Å². The summed E-state index contributed by atoms with van der Waals surface area (Å²) in [6.07, 6.45) is 0. The zero-order chi connectivity index (χ0) is 19.1. The van der Waals surface area contributed by atoms with Gasteiger partial charge in [0.2, 0.25) is 5.91 Å². The number of nitrogens with zero attached hydrogens (tertiary/aromatic N) is 2. The second-order valence-electron chi connectivity index (χ2n) is 5.67. The van der Waals surface area contributed by atoms with E-state index in [1.807, 2.05) is 30.3 Å². The molecule has 7 heteroatoms. The molecule has 1 amide bonds. The standard InChI is InChI=1S/C20H19N3O3S/c1-26-17-9-7-16(8-10-17)23-20(25)12-11-19(22-23)27-14-18(24)21-13-15-5-3-2-4-6-15/h2-12H,13-14H2,1H3,(H,21,24). The SMILES string of the molecule is COc1ccc(-n2nc(SCC(=O)NCc3ccccc3)ccc2=O)cc1. The lowest BCUT2D eigenvalue weighted by molar-refractivity contribution is -0.118. The largest absolute Gasteiger partial charge is 0.497 e. The number of hydrogen-bond acceptors (Lipinski definition) is 5. The summed E-state index contributed by atoms with van der Waals surface area (Å²) in [5, 5.41) is 7.80. The van der Waals surface area contributed by atoms with E-state index in [1.165, 1.54) is 22.5 Å². The highest BCUT2D eigenvalue weighted by atomic mass is 32.2. The van der Waals surface area contributed by atoms with Gasteiger partial charge in [0.05, 0.1) is 18.6 Å². The Bertz CT molecular complexity index is 956. The molecule has 0 fully saturated rings. The highest BCUT2D eigenvalue weighted by molar-refractivity contribution is 7.99. The molecule has 3 aromatic rings. The summed E-state index contributed by atoms with van der Waals surface area (Å²) in [5.74, 6) is 0.834. The van der Waals surface area contributed by atoms with E-state index in [0.717, 1.165) is 5.56 Å². The summed E-state index contributed by atoms with van der Waals surface area (Å²) in [4.78, 5) is 24.1. The summed E-state index contributed by atoms with van der Waals surface area (Å²) in [6, 6.07) is 19.8. The molecule has 1 heterocycles. The molecule has 0 spiro atoms. The molecule has 0 saturated heterocycles. The number of carbonyl (C=O) groups is 1. The zero-order valence-corrected chi connectivity index (χ0v) is 15.6. The first-order valence-corrected chi connectivity index (χ1v) is 9.32. The molecular weight excluding hydrogens is 362 g/mol. The van der Waals surface area contributed by atoms with Gasteiger partial charge in [0, 0.05) is 12.6 Å². The third-order valence-corrected chi connectivity index (χ3v) is 4.70. The minimum atomic E-state index is -0.238. The van der Waals surface area contributed by atoms with Crippen molar-refractivity contribution in [3.05, 3.63) is 82.6 Å². The fourth-order valence-electron chi connectivity index (χ4n) is 2.37. The van der Waals surface area contributed by atoms with Gasteiger partial charge in [-0.3, -0.25) is 9.59 Å². The van der Waals surface area contributed by atoms with E-state index in [9.17, 15) is 9.59 Å². The predicted molar refractivity (Wildman–Crippen MR) is 105 cm³/mol. The van der Waals surface area contributed by atoms with Gasteiger partial charge in [0.25, 0.3) is 5.56 Å². The maximum Gasteiger partial charge on any atom is 0.271 e. The van der Waals surface area contributed by atoms with Crippen LogP contribution < -0.4 is 15.6 Å². The zero-order valence-electron chi connectivity index (χ0n) is 14.8. The monoisotopic (exact) mass is 381 g/mol. The van der Waals surface area contributed by atoms with Crippen LogP contribution >= 0.6 is 11.8 Å². The average molecular weight is 381 g/mol. The maximum atomic E-state index is 12.1. The van der Waals surface area contributed by atoms with Gasteiger partial charge >= 0.3 is 0 Å².